The third-order valence-corrected chi connectivity index (χ3v) is 5.40. The van der Waals surface area contributed by atoms with Crippen LogP contribution in [-0.4, -0.2) is 60.0 Å². The van der Waals surface area contributed by atoms with Crippen LogP contribution in [-0.2, 0) is 20.7 Å². The number of carbonyl (C=O) groups excluding carboxylic acids is 1. The summed E-state index contributed by atoms with van der Waals surface area (Å²) in [5.41, 5.74) is 0. The number of hydrogen-bond donors (Lipinski definition) is 0. The molecule has 3 rings (SSSR count). The predicted octanol–water partition coefficient (Wildman–Crippen LogP) is 2.95. The normalized spacial score (nSPS) is 21.7. The molecule has 2 saturated heterocycles. The Morgan fingerprint density at radius 1 is 1.30 bits per heavy atom. The van der Waals surface area contributed by atoms with Gasteiger partial charge in [-0.25, -0.2) is 0 Å². The molecule has 0 aromatic carbocycles. The van der Waals surface area contributed by atoms with Gasteiger partial charge in [0.1, 0.15) is 0 Å². The zero-order chi connectivity index (χ0) is 19.1. The molecule has 27 heavy (non-hydrogen) atoms. The fourth-order valence-electron chi connectivity index (χ4n) is 3.67. The van der Waals surface area contributed by atoms with E-state index < -0.39 is 0 Å². The van der Waals surface area contributed by atoms with Crippen LogP contribution in [0, 0.1) is 5.92 Å². The second-order valence-electron chi connectivity index (χ2n) is 8.09. The number of carbonyl (C=O) groups is 1. The summed E-state index contributed by atoms with van der Waals surface area (Å²) in [6, 6.07) is 0. The Bertz CT molecular complexity index is 584. The van der Waals surface area contributed by atoms with Crippen molar-refractivity contribution in [2.24, 2.45) is 5.92 Å². The van der Waals surface area contributed by atoms with Gasteiger partial charge in [-0.15, -0.1) is 0 Å². The number of likely N-dealkylation sites (tertiary alicyclic amines) is 1. The van der Waals surface area contributed by atoms with Crippen LogP contribution >= 0.6 is 0 Å². The van der Waals surface area contributed by atoms with Gasteiger partial charge < -0.3 is 18.9 Å². The highest BCUT2D eigenvalue weighted by molar-refractivity contribution is 5.76. The molecule has 0 radical (unpaired) electrons. The molecule has 152 valence electrons. The quantitative estimate of drug-likeness (QED) is 0.691. The average molecular weight is 380 g/mol. The first-order valence-corrected chi connectivity index (χ1v) is 10.4. The smallest absolute Gasteiger partial charge is 0.229 e. The van der Waals surface area contributed by atoms with Crippen LogP contribution < -0.4 is 0 Å². The van der Waals surface area contributed by atoms with Crippen molar-refractivity contribution in [3.63, 3.8) is 0 Å². The topological polar surface area (TPSA) is 77.7 Å². The Kier molecular flexibility index (Phi) is 7.64. The molecule has 1 aromatic heterocycles. The maximum Gasteiger partial charge on any atom is 0.229 e. The summed E-state index contributed by atoms with van der Waals surface area (Å²) in [6.45, 7) is 7.96. The van der Waals surface area contributed by atoms with Crippen LogP contribution in [0.1, 0.15) is 70.0 Å². The minimum atomic E-state index is 0.114. The van der Waals surface area contributed by atoms with Gasteiger partial charge in [-0.2, -0.15) is 4.98 Å². The Hall–Kier alpha value is -1.47. The van der Waals surface area contributed by atoms with E-state index in [4.69, 9.17) is 14.0 Å². The van der Waals surface area contributed by atoms with Gasteiger partial charge in [0.05, 0.1) is 12.7 Å². The van der Waals surface area contributed by atoms with Gasteiger partial charge in [0, 0.05) is 45.1 Å². The van der Waals surface area contributed by atoms with E-state index in [2.05, 4.69) is 24.0 Å². The van der Waals surface area contributed by atoms with Crippen molar-refractivity contribution in [1.29, 1.82) is 0 Å². The lowest BCUT2D eigenvalue weighted by atomic mass is 10.0. The summed E-state index contributed by atoms with van der Waals surface area (Å²) in [4.78, 5) is 18.8. The number of hydrogen-bond acceptors (Lipinski definition) is 6. The third-order valence-electron chi connectivity index (χ3n) is 5.40. The SMILES string of the molecule is CC(C)CCC(=O)N1CCCC(OCCc2noc(C3CCOCC3)n2)C1. The minimum Gasteiger partial charge on any atom is -0.381 e. The molecule has 2 fully saturated rings. The lowest BCUT2D eigenvalue weighted by Crippen LogP contribution is -2.43. The molecule has 1 aromatic rings. The third kappa shape index (κ3) is 6.28. The predicted molar refractivity (Wildman–Crippen MR) is 100 cm³/mol. The Morgan fingerprint density at radius 2 is 2.11 bits per heavy atom. The number of piperidine rings is 1. The molecule has 1 unspecified atom stereocenters. The Morgan fingerprint density at radius 3 is 2.89 bits per heavy atom. The number of amides is 1. The van der Waals surface area contributed by atoms with Crippen molar-refractivity contribution in [1.82, 2.24) is 15.0 Å². The van der Waals surface area contributed by atoms with Gasteiger partial charge in [0.15, 0.2) is 5.82 Å². The molecule has 1 atom stereocenters. The first-order valence-electron chi connectivity index (χ1n) is 10.4. The first-order chi connectivity index (χ1) is 13.1. The van der Waals surface area contributed by atoms with E-state index in [0.717, 1.165) is 57.8 Å². The van der Waals surface area contributed by atoms with E-state index in [1.165, 1.54) is 0 Å². The largest absolute Gasteiger partial charge is 0.381 e. The second kappa shape index (κ2) is 10.2. The van der Waals surface area contributed by atoms with Crippen molar-refractivity contribution in [3.8, 4) is 0 Å². The summed E-state index contributed by atoms with van der Waals surface area (Å²) in [7, 11) is 0. The van der Waals surface area contributed by atoms with E-state index in [9.17, 15) is 4.79 Å². The number of aromatic nitrogens is 2. The van der Waals surface area contributed by atoms with Crippen LogP contribution in [0.3, 0.4) is 0 Å². The van der Waals surface area contributed by atoms with E-state index in [0.29, 0.717) is 43.7 Å². The number of ether oxygens (including phenoxy) is 2. The van der Waals surface area contributed by atoms with Crippen LogP contribution in [0.5, 0.6) is 0 Å². The lowest BCUT2D eigenvalue weighted by Gasteiger charge is -2.33. The van der Waals surface area contributed by atoms with Crippen molar-refractivity contribution in [2.45, 2.75) is 70.8 Å². The van der Waals surface area contributed by atoms with Gasteiger partial charge in [-0.1, -0.05) is 19.0 Å². The molecule has 7 nitrogen and oxygen atoms in total. The second-order valence-corrected chi connectivity index (χ2v) is 8.09. The van der Waals surface area contributed by atoms with E-state index in [1.807, 2.05) is 4.90 Å². The van der Waals surface area contributed by atoms with Gasteiger partial charge in [-0.3, -0.25) is 4.79 Å². The molecule has 0 saturated carbocycles. The molecule has 0 aliphatic carbocycles. The van der Waals surface area contributed by atoms with Crippen LogP contribution in [0.4, 0.5) is 0 Å². The van der Waals surface area contributed by atoms with Crippen LogP contribution in [0.15, 0.2) is 4.52 Å². The maximum atomic E-state index is 12.3. The van der Waals surface area contributed by atoms with E-state index in [-0.39, 0.29) is 12.0 Å². The lowest BCUT2D eigenvalue weighted by molar-refractivity contribution is -0.135. The van der Waals surface area contributed by atoms with Crippen molar-refractivity contribution in [3.05, 3.63) is 11.7 Å². The highest BCUT2D eigenvalue weighted by atomic mass is 16.5. The standard InChI is InChI=1S/C20H33N3O4/c1-15(2)5-6-19(24)23-10-3-4-17(14-23)26-13-9-18-21-20(27-22-18)16-7-11-25-12-8-16/h15-17H,3-14H2,1-2H3. The zero-order valence-electron chi connectivity index (χ0n) is 16.7. The van der Waals surface area contributed by atoms with Gasteiger partial charge in [0.2, 0.25) is 11.8 Å². The highest BCUT2D eigenvalue weighted by Crippen LogP contribution is 2.25. The van der Waals surface area contributed by atoms with Crippen LogP contribution in [0.2, 0.25) is 0 Å². The molecule has 1 amide bonds. The fourth-order valence-corrected chi connectivity index (χ4v) is 3.67. The summed E-state index contributed by atoms with van der Waals surface area (Å²) < 4.78 is 16.8. The summed E-state index contributed by atoms with van der Waals surface area (Å²) >= 11 is 0. The van der Waals surface area contributed by atoms with Crippen molar-refractivity contribution in [2.75, 3.05) is 32.9 Å². The van der Waals surface area contributed by atoms with Crippen LogP contribution in [0.25, 0.3) is 0 Å². The highest BCUT2D eigenvalue weighted by Gasteiger charge is 2.25. The average Bonchev–Trinajstić information content (AvgIpc) is 3.16. The zero-order valence-corrected chi connectivity index (χ0v) is 16.7. The monoisotopic (exact) mass is 379 g/mol. The molecule has 0 spiro atoms. The van der Waals surface area contributed by atoms with E-state index >= 15 is 0 Å². The minimum absolute atomic E-state index is 0.114. The summed E-state index contributed by atoms with van der Waals surface area (Å²) in [5.74, 6) is 2.58. The molecule has 2 aliphatic rings. The molecular formula is C20H33N3O4. The summed E-state index contributed by atoms with van der Waals surface area (Å²) in [6.07, 6.45) is 6.26. The van der Waals surface area contributed by atoms with Gasteiger partial charge in [0.25, 0.3) is 0 Å². The molecule has 3 heterocycles. The molecule has 7 heteroatoms. The Labute approximate surface area is 161 Å². The van der Waals surface area contributed by atoms with E-state index in [1.54, 1.807) is 0 Å². The van der Waals surface area contributed by atoms with Crippen molar-refractivity contribution < 1.29 is 18.8 Å². The molecule has 0 N–H and O–H groups in total. The number of rotatable bonds is 8. The fraction of sp³-hybridized carbons (Fsp3) is 0.850. The molecule has 2 aliphatic heterocycles. The van der Waals surface area contributed by atoms with Crippen molar-refractivity contribution >= 4 is 5.91 Å². The maximum absolute atomic E-state index is 12.3. The van der Waals surface area contributed by atoms with Gasteiger partial charge >= 0.3 is 0 Å². The van der Waals surface area contributed by atoms with Gasteiger partial charge in [-0.05, 0) is 38.0 Å². The summed E-state index contributed by atoms with van der Waals surface area (Å²) in [5, 5.41) is 4.09. The molecular weight excluding hydrogens is 346 g/mol. The number of nitrogens with zero attached hydrogens (tertiary/aromatic N) is 3. The first kappa shape index (κ1) is 20.3. The molecule has 0 bridgehead atoms. The Balaban J connectivity index is 1.38.